The van der Waals surface area contributed by atoms with Crippen molar-refractivity contribution in [3.05, 3.63) is 24.0 Å². The van der Waals surface area contributed by atoms with Crippen LogP contribution in [0, 0.1) is 5.92 Å². The van der Waals surface area contributed by atoms with E-state index in [2.05, 4.69) is 17.2 Å². The van der Waals surface area contributed by atoms with Crippen LogP contribution < -0.4 is 5.32 Å². The highest BCUT2D eigenvalue weighted by atomic mass is 16.4. The van der Waals surface area contributed by atoms with Crippen molar-refractivity contribution in [2.45, 2.75) is 38.2 Å². The molecule has 2 rings (SSSR count). The molecule has 3 N–H and O–H groups in total. The molecule has 2 unspecified atom stereocenters. The summed E-state index contributed by atoms with van der Waals surface area (Å²) in [5, 5.41) is 22.6. The highest BCUT2D eigenvalue weighted by Crippen LogP contribution is 2.32. The van der Waals surface area contributed by atoms with Crippen molar-refractivity contribution in [1.29, 1.82) is 0 Å². The predicted octanol–water partition coefficient (Wildman–Crippen LogP) is 2.13. The first-order valence-electron chi connectivity index (χ1n) is 6.64. The minimum Gasteiger partial charge on any atom is -0.478 e. The summed E-state index contributed by atoms with van der Waals surface area (Å²) >= 11 is 0. The molecular weight excluding hydrogens is 244 g/mol. The lowest BCUT2D eigenvalue weighted by Crippen LogP contribution is -2.41. The summed E-state index contributed by atoms with van der Waals surface area (Å²) in [6.45, 7) is 2.51. The number of hydrogen-bond donors (Lipinski definition) is 3. The number of aliphatic hydroxyl groups is 1. The van der Waals surface area contributed by atoms with Gasteiger partial charge in [0.25, 0.3) is 0 Å². The van der Waals surface area contributed by atoms with E-state index in [0.717, 1.165) is 25.7 Å². The Bertz CT molecular complexity index is 464. The van der Waals surface area contributed by atoms with E-state index in [0.29, 0.717) is 18.2 Å². The molecule has 1 aromatic rings. The Morgan fingerprint density at radius 3 is 3.11 bits per heavy atom. The topological polar surface area (TPSA) is 82.5 Å². The van der Waals surface area contributed by atoms with Crippen LogP contribution in [-0.4, -0.2) is 33.3 Å². The molecule has 0 aliphatic heterocycles. The molecule has 0 aromatic carbocycles. The molecule has 1 heterocycles. The van der Waals surface area contributed by atoms with E-state index in [1.54, 1.807) is 12.3 Å². The third-order valence-electron chi connectivity index (χ3n) is 3.73. The molecule has 1 fully saturated rings. The molecular formula is C14H20N2O3. The zero-order chi connectivity index (χ0) is 13.9. The van der Waals surface area contributed by atoms with Gasteiger partial charge in [0.15, 0.2) is 0 Å². The largest absolute Gasteiger partial charge is 0.478 e. The van der Waals surface area contributed by atoms with Gasteiger partial charge in [0.1, 0.15) is 5.56 Å². The molecule has 0 spiro atoms. The predicted molar refractivity (Wildman–Crippen MR) is 72.3 cm³/mol. The van der Waals surface area contributed by atoms with Gasteiger partial charge in [-0.3, -0.25) is 4.98 Å². The fourth-order valence-electron chi connectivity index (χ4n) is 2.77. The molecule has 0 amide bonds. The summed E-state index contributed by atoms with van der Waals surface area (Å²) in [4.78, 5) is 14.9. The second-order valence-corrected chi connectivity index (χ2v) is 5.51. The third-order valence-corrected chi connectivity index (χ3v) is 3.73. The average molecular weight is 264 g/mol. The first-order chi connectivity index (χ1) is 9.00. The van der Waals surface area contributed by atoms with Gasteiger partial charge in [-0.15, -0.1) is 0 Å². The van der Waals surface area contributed by atoms with Crippen molar-refractivity contribution in [3.8, 4) is 0 Å². The average Bonchev–Trinajstić information content (AvgIpc) is 2.36. The first kappa shape index (κ1) is 13.8. The fraction of sp³-hybridized carbons (Fsp3) is 0.571. The Morgan fingerprint density at radius 2 is 2.42 bits per heavy atom. The van der Waals surface area contributed by atoms with Gasteiger partial charge >= 0.3 is 5.97 Å². The van der Waals surface area contributed by atoms with E-state index in [-0.39, 0.29) is 5.56 Å². The van der Waals surface area contributed by atoms with E-state index < -0.39 is 11.6 Å². The van der Waals surface area contributed by atoms with Gasteiger partial charge in [-0.25, -0.2) is 4.79 Å². The molecule has 0 saturated heterocycles. The normalized spacial score (nSPS) is 26.9. The van der Waals surface area contributed by atoms with Crippen LogP contribution in [-0.2, 0) is 0 Å². The molecule has 0 radical (unpaired) electrons. The van der Waals surface area contributed by atoms with Crippen LogP contribution in [0.3, 0.4) is 0 Å². The van der Waals surface area contributed by atoms with Gasteiger partial charge in [0.2, 0.25) is 0 Å². The minimum absolute atomic E-state index is 0.134. The number of hydrogen-bond acceptors (Lipinski definition) is 4. The molecule has 5 nitrogen and oxygen atoms in total. The van der Waals surface area contributed by atoms with Crippen LogP contribution in [0.15, 0.2) is 18.5 Å². The summed E-state index contributed by atoms with van der Waals surface area (Å²) < 4.78 is 0. The maximum absolute atomic E-state index is 11.1. The lowest BCUT2D eigenvalue weighted by atomic mass is 9.79. The van der Waals surface area contributed by atoms with Crippen molar-refractivity contribution in [2.24, 2.45) is 5.92 Å². The molecule has 5 heteroatoms. The SMILES string of the molecule is CC1CCCC(O)(CNc2ccncc2C(=O)O)C1. The standard InChI is InChI=1S/C14H20N2O3/c1-10-3-2-5-14(19,7-10)9-16-12-4-6-15-8-11(12)13(17)18/h4,6,8,10,19H,2-3,5,7,9H2,1H3,(H,15,16)(H,17,18). The number of nitrogens with one attached hydrogen (secondary N) is 1. The van der Waals surface area contributed by atoms with Crippen molar-refractivity contribution in [1.82, 2.24) is 4.98 Å². The Labute approximate surface area is 112 Å². The smallest absolute Gasteiger partial charge is 0.339 e. The fourth-order valence-corrected chi connectivity index (χ4v) is 2.77. The van der Waals surface area contributed by atoms with Crippen LogP contribution in [0.25, 0.3) is 0 Å². The molecule has 104 valence electrons. The Morgan fingerprint density at radius 1 is 1.63 bits per heavy atom. The molecule has 1 aliphatic rings. The van der Waals surface area contributed by atoms with Crippen molar-refractivity contribution in [3.63, 3.8) is 0 Å². The summed E-state index contributed by atoms with van der Waals surface area (Å²) in [7, 11) is 0. The lowest BCUT2D eigenvalue weighted by Gasteiger charge is -2.36. The highest BCUT2D eigenvalue weighted by Gasteiger charge is 2.32. The summed E-state index contributed by atoms with van der Waals surface area (Å²) in [5.41, 5.74) is -0.0967. The van der Waals surface area contributed by atoms with Crippen LogP contribution >= 0.6 is 0 Å². The number of carboxylic acid groups (broad SMARTS) is 1. The van der Waals surface area contributed by atoms with Gasteiger partial charge in [-0.1, -0.05) is 19.8 Å². The first-order valence-corrected chi connectivity index (χ1v) is 6.64. The van der Waals surface area contributed by atoms with Gasteiger partial charge < -0.3 is 15.5 Å². The van der Waals surface area contributed by atoms with E-state index in [4.69, 9.17) is 5.11 Å². The monoisotopic (exact) mass is 264 g/mol. The zero-order valence-corrected chi connectivity index (χ0v) is 11.1. The molecule has 1 aliphatic carbocycles. The van der Waals surface area contributed by atoms with Gasteiger partial charge in [-0.05, 0) is 24.8 Å². The second kappa shape index (κ2) is 5.57. The lowest BCUT2D eigenvalue weighted by molar-refractivity contribution is -0.000810. The van der Waals surface area contributed by atoms with Gasteiger partial charge in [0.05, 0.1) is 11.3 Å². The Hall–Kier alpha value is -1.62. The molecule has 19 heavy (non-hydrogen) atoms. The Kier molecular flexibility index (Phi) is 4.04. The maximum atomic E-state index is 11.1. The van der Waals surface area contributed by atoms with Crippen LogP contribution in [0.4, 0.5) is 5.69 Å². The van der Waals surface area contributed by atoms with E-state index >= 15 is 0 Å². The summed E-state index contributed by atoms with van der Waals surface area (Å²) in [5.74, 6) is -0.503. The summed E-state index contributed by atoms with van der Waals surface area (Å²) in [6, 6.07) is 1.62. The molecule has 2 atom stereocenters. The minimum atomic E-state index is -1.01. The Balaban J connectivity index is 2.04. The van der Waals surface area contributed by atoms with Gasteiger partial charge in [-0.2, -0.15) is 0 Å². The molecule has 0 bridgehead atoms. The number of pyridine rings is 1. The van der Waals surface area contributed by atoms with E-state index in [9.17, 15) is 9.90 Å². The maximum Gasteiger partial charge on any atom is 0.339 e. The second-order valence-electron chi connectivity index (χ2n) is 5.51. The summed E-state index contributed by atoms with van der Waals surface area (Å²) in [6.07, 6.45) is 6.55. The van der Waals surface area contributed by atoms with Crippen LogP contribution in [0.2, 0.25) is 0 Å². The number of nitrogens with zero attached hydrogens (tertiary/aromatic N) is 1. The number of rotatable bonds is 4. The van der Waals surface area contributed by atoms with Crippen LogP contribution in [0.5, 0.6) is 0 Å². The number of anilines is 1. The number of aromatic carboxylic acids is 1. The van der Waals surface area contributed by atoms with E-state index in [1.165, 1.54) is 6.20 Å². The number of carbonyl (C=O) groups is 1. The molecule has 1 aromatic heterocycles. The van der Waals surface area contributed by atoms with Crippen molar-refractivity contribution in [2.75, 3.05) is 11.9 Å². The molecule has 1 saturated carbocycles. The highest BCUT2D eigenvalue weighted by molar-refractivity contribution is 5.93. The van der Waals surface area contributed by atoms with Gasteiger partial charge in [0, 0.05) is 18.9 Å². The third kappa shape index (κ3) is 3.44. The van der Waals surface area contributed by atoms with Crippen molar-refractivity contribution < 1.29 is 15.0 Å². The van der Waals surface area contributed by atoms with E-state index in [1.807, 2.05) is 0 Å². The quantitative estimate of drug-likeness (QED) is 0.776. The zero-order valence-electron chi connectivity index (χ0n) is 11.1. The number of carboxylic acids is 1. The van der Waals surface area contributed by atoms with Crippen LogP contribution in [0.1, 0.15) is 43.0 Å². The van der Waals surface area contributed by atoms with Crippen molar-refractivity contribution >= 4 is 11.7 Å². The number of aromatic nitrogens is 1.